The highest BCUT2D eigenvalue weighted by atomic mass is 16.6. The average molecular weight is 341 g/mol. The van der Waals surface area contributed by atoms with Gasteiger partial charge in [0, 0.05) is 6.54 Å². The molecule has 0 aromatic heterocycles. The fourth-order valence-electron chi connectivity index (χ4n) is 2.16. The lowest BCUT2D eigenvalue weighted by Gasteiger charge is -2.14. The van der Waals surface area contributed by atoms with E-state index in [0.29, 0.717) is 12.3 Å². The zero-order chi connectivity index (χ0) is 18.2. The van der Waals surface area contributed by atoms with Crippen LogP contribution >= 0.6 is 0 Å². The number of carbonyl (C=O) groups is 2. The van der Waals surface area contributed by atoms with Crippen LogP contribution in [0.1, 0.15) is 23.6 Å². The lowest BCUT2D eigenvalue weighted by molar-refractivity contribution is -0.156. The van der Waals surface area contributed by atoms with Gasteiger partial charge in [-0.3, -0.25) is 4.79 Å². The first kappa shape index (κ1) is 18.5. The number of carbonyl (C=O) groups excluding carboxylic acids is 2. The van der Waals surface area contributed by atoms with E-state index in [1.54, 1.807) is 6.07 Å². The van der Waals surface area contributed by atoms with Crippen LogP contribution in [0.25, 0.3) is 0 Å². The maximum atomic E-state index is 12.0. The van der Waals surface area contributed by atoms with E-state index in [4.69, 9.17) is 9.47 Å². The lowest BCUT2D eigenvalue weighted by Crippen LogP contribution is -2.36. The van der Waals surface area contributed by atoms with Gasteiger partial charge in [-0.15, -0.1) is 0 Å². The molecule has 0 saturated carbocycles. The molecule has 2 aromatic carbocycles. The Labute approximate surface area is 148 Å². The first-order chi connectivity index (χ1) is 12.0. The van der Waals surface area contributed by atoms with Gasteiger partial charge in [0.2, 0.25) is 0 Å². The zero-order valence-corrected chi connectivity index (χ0v) is 14.7. The summed E-state index contributed by atoms with van der Waals surface area (Å²) in [5, 5.41) is 2.73. The molecular formula is C20H23NO4. The van der Waals surface area contributed by atoms with E-state index >= 15 is 0 Å². The lowest BCUT2D eigenvalue weighted by atomic mass is 10.1. The molecule has 0 radical (unpaired) electrons. The molecular weight excluding hydrogens is 318 g/mol. The SMILES string of the molecule is Cc1ccc(OCC(=O)O[C@H](C)C(=O)NCc2ccccc2)cc1C. The summed E-state index contributed by atoms with van der Waals surface area (Å²) >= 11 is 0. The number of esters is 1. The topological polar surface area (TPSA) is 64.6 Å². The monoisotopic (exact) mass is 341 g/mol. The molecule has 0 bridgehead atoms. The normalized spacial score (nSPS) is 11.5. The van der Waals surface area contributed by atoms with Crippen LogP contribution in [0.15, 0.2) is 48.5 Å². The van der Waals surface area contributed by atoms with Crippen LogP contribution in [0, 0.1) is 13.8 Å². The molecule has 0 heterocycles. The quantitative estimate of drug-likeness (QED) is 0.787. The summed E-state index contributed by atoms with van der Waals surface area (Å²) in [6.07, 6.45) is -0.875. The molecule has 5 heteroatoms. The molecule has 0 aliphatic rings. The van der Waals surface area contributed by atoms with Gasteiger partial charge >= 0.3 is 5.97 Å². The van der Waals surface area contributed by atoms with Crippen LogP contribution in [0.2, 0.25) is 0 Å². The van der Waals surface area contributed by atoms with Gasteiger partial charge in [-0.1, -0.05) is 36.4 Å². The number of nitrogens with one attached hydrogen (secondary N) is 1. The molecule has 2 rings (SSSR count). The summed E-state index contributed by atoms with van der Waals surface area (Å²) in [5.74, 6) is -0.329. The smallest absolute Gasteiger partial charge is 0.344 e. The van der Waals surface area contributed by atoms with Gasteiger partial charge in [-0.2, -0.15) is 0 Å². The third-order valence-corrected chi connectivity index (χ3v) is 3.82. The zero-order valence-electron chi connectivity index (χ0n) is 14.7. The molecule has 1 atom stereocenters. The molecule has 0 unspecified atom stereocenters. The van der Waals surface area contributed by atoms with E-state index in [-0.39, 0.29) is 12.5 Å². The Morgan fingerprint density at radius 3 is 2.44 bits per heavy atom. The highest BCUT2D eigenvalue weighted by molar-refractivity contribution is 5.83. The van der Waals surface area contributed by atoms with Crippen molar-refractivity contribution >= 4 is 11.9 Å². The number of aryl methyl sites for hydroxylation is 2. The highest BCUT2D eigenvalue weighted by Crippen LogP contribution is 2.16. The third-order valence-electron chi connectivity index (χ3n) is 3.82. The van der Waals surface area contributed by atoms with Gasteiger partial charge in [0.15, 0.2) is 12.7 Å². The van der Waals surface area contributed by atoms with E-state index in [9.17, 15) is 9.59 Å². The van der Waals surface area contributed by atoms with Gasteiger partial charge in [-0.05, 0) is 49.6 Å². The Hall–Kier alpha value is -2.82. The van der Waals surface area contributed by atoms with Crippen molar-refractivity contribution in [2.75, 3.05) is 6.61 Å². The van der Waals surface area contributed by atoms with Gasteiger partial charge in [0.05, 0.1) is 0 Å². The fraction of sp³-hybridized carbons (Fsp3) is 0.300. The molecule has 5 nitrogen and oxygen atoms in total. The van der Waals surface area contributed by atoms with Gasteiger partial charge < -0.3 is 14.8 Å². The van der Waals surface area contributed by atoms with Crippen LogP contribution in [-0.4, -0.2) is 24.6 Å². The number of hydrogen-bond donors (Lipinski definition) is 1. The maximum Gasteiger partial charge on any atom is 0.344 e. The second kappa shape index (κ2) is 8.87. The van der Waals surface area contributed by atoms with Crippen molar-refractivity contribution in [3.05, 3.63) is 65.2 Å². The van der Waals surface area contributed by atoms with E-state index in [2.05, 4.69) is 5.32 Å². The first-order valence-electron chi connectivity index (χ1n) is 8.17. The number of ether oxygens (including phenoxy) is 2. The van der Waals surface area contributed by atoms with Gasteiger partial charge in [0.25, 0.3) is 5.91 Å². The molecule has 2 aromatic rings. The van der Waals surface area contributed by atoms with Crippen molar-refractivity contribution < 1.29 is 19.1 Å². The molecule has 0 fully saturated rings. The van der Waals surface area contributed by atoms with Crippen molar-refractivity contribution in [2.45, 2.75) is 33.4 Å². The standard InChI is InChI=1S/C20H23NO4/c1-14-9-10-18(11-15(14)2)24-13-19(22)25-16(3)20(23)21-12-17-7-5-4-6-8-17/h4-11,16H,12-13H2,1-3H3,(H,21,23)/t16-/m1/s1. The highest BCUT2D eigenvalue weighted by Gasteiger charge is 2.17. The Morgan fingerprint density at radius 1 is 1.04 bits per heavy atom. The second-order valence-corrected chi connectivity index (χ2v) is 5.87. The molecule has 1 amide bonds. The summed E-state index contributed by atoms with van der Waals surface area (Å²) in [4.78, 5) is 23.8. The van der Waals surface area contributed by atoms with E-state index in [0.717, 1.165) is 16.7 Å². The van der Waals surface area contributed by atoms with Crippen molar-refractivity contribution in [3.8, 4) is 5.75 Å². The largest absolute Gasteiger partial charge is 0.482 e. The fourth-order valence-corrected chi connectivity index (χ4v) is 2.16. The minimum atomic E-state index is -0.875. The number of amides is 1. The Balaban J connectivity index is 1.75. The summed E-state index contributed by atoms with van der Waals surface area (Å²) in [7, 11) is 0. The van der Waals surface area contributed by atoms with E-state index in [1.807, 2.05) is 56.3 Å². The van der Waals surface area contributed by atoms with Crippen molar-refractivity contribution in [1.29, 1.82) is 0 Å². The third kappa shape index (κ3) is 5.95. The van der Waals surface area contributed by atoms with Crippen LogP contribution in [0.3, 0.4) is 0 Å². The molecule has 1 N–H and O–H groups in total. The summed E-state index contributed by atoms with van der Waals surface area (Å²) in [6.45, 7) is 5.66. The van der Waals surface area contributed by atoms with Gasteiger partial charge in [0.1, 0.15) is 5.75 Å². The Morgan fingerprint density at radius 2 is 1.76 bits per heavy atom. The Bertz CT molecular complexity index is 728. The molecule has 0 spiro atoms. The summed E-state index contributed by atoms with van der Waals surface area (Å²) < 4.78 is 10.5. The van der Waals surface area contributed by atoms with Gasteiger partial charge in [-0.25, -0.2) is 4.79 Å². The molecule has 132 valence electrons. The molecule has 25 heavy (non-hydrogen) atoms. The van der Waals surface area contributed by atoms with Crippen molar-refractivity contribution in [1.82, 2.24) is 5.32 Å². The van der Waals surface area contributed by atoms with Crippen LogP contribution in [0.4, 0.5) is 0 Å². The van der Waals surface area contributed by atoms with Crippen LogP contribution < -0.4 is 10.1 Å². The molecule has 0 saturated heterocycles. The summed E-state index contributed by atoms with van der Waals surface area (Å²) in [6, 6.07) is 15.1. The Kier molecular flexibility index (Phi) is 6.57. The van der Waals surface area contributed by atoms with Crippen LogP contribution in [0.5, 0.6) is 5.75 Å². The molecule has 0 aliphatic carbocycles. The van der Waals surface area contributed by atoms with Crippen molar-refractivity contribution in [3.63, 3.8) is 0 Å². The predicted octanol–water partition coefficient (Wildman–Crippen LogP) is 2.93. The van der Waals surface area contributed by atoms with E-state index < -0.39 is 12.1 Å². The summed E-state index contributed by atoms with van der Waals surface area (Å²) in [5.41, 5.74) is 3.21. The average Bonchev–Trinajstić information content (AvgIpc) is 2.61. The predicted molar refractivity (Wildman–Crippen MR) is 95.3 cm³/mol. The molecule has 0 aliphatic heterocycles. The van der Waals surface area contributed by atoms with E-state index in [1.165, 1.54) is 6.92 Å². The number of benzene rings is 2. The first-order valence-corrected chi connectivity index (χ1v) is 8.17. The number of rotatable bonds is 7. The number of hydrogen-bond acceptors (Lipinski definition) is 4. The van der Waals surface area contributed by atoms with Crippen molar-refractivity contribution in [2.24, 2.45) is 0 Å². The van der Waals surface area contributed by atoms with Crippen LogP contribution in [-0.2, 0) is 20.9 Å². The minimum absolute atomic E-state index is 0.237. The maximum absolute atomic E-state index is 12.0. The minimum Gasteiger partial charge on any atom is -0.482 e. The second-order valence-electron chi connectivity index (χ2n) is 5.87.